The van der Waals surface area contributed by atoms with Gasteiger partial charge in [-0.25, -0.2) is 9.59 Å². The molecule has 1 heterocycles. The van der Waals surface area contributed by atoms with Gasteiger partial charge in [-0.15, -0.1) is 0 Å². The lowest BCUT2D eigenvalue weighted by molar-refractivity contribution is -0.118. The van der Waals surface area contributed by atoms with Crippen LogP contribution < -0.4 is 20.1 Å². The number of esters is 2. The Hall–Kier alpha value is -5.38. The van der Waals surface area contributed by atoms with Crippen molar-refractivity contribution in [1.82, 2.24) is 0 Å². The van der Waals surface area contributed by atoms with Gasteiger partial charge in [-0.2, -0.15) is 0 Å². The topological polar surface area (TPSA) is 129 Å². The van der Waals surface area contributed by atoms with E-state index in [9.17, 15) is 19.2 Å². The van der Waals surface area contributed by atoms with Gasteiger partial charge < -0.3 is 29.6 Å². The van der Waals surface area contributed by atoms with Crippen molar-refractivity contribution in [3.05, 3.63) is 101 Å². The van der Waals surface area contributed by atoms with Gasteiger partial charge in [-0.05, 0) is 86.2 Å². The van der Waals surface area contributed by atoms with E-state index in [2.05, 4.69) is 10.6 Å². The number of ether oxygens (including phenoxy) is 4. The number of rotatable bonds is 10. The first-order valence-corrected chi connectivity index (χ1v) is 13.2. The Morgan fingerprint density at radius 1 is 0.786 bits per heavy atom. The average Bonchev–Trinajstić information content (AvgIpc) is 3.00. The first-order chi connectivity index (χ1) is 20.3. The van der Waals surface area contributed by atoms with Gasteiger partial charge in [0.05, 0.1) is 31.5 Å². The number of hydrogen-bond donors (Lipinski definition) is 2. The van der Waals surface area contributed by atoms with Crippen molar-refractivity contribution in [2.45, 2.75) is 13.8 Å². The number of carbonyl (C=O) groups excluding carboxylic acids is 4. The van der Waals surface area contributed by atoms with Crippen LogP contribution in [-0.2, 0) is 19.1 Å². The summed E-state index contributed by atoms with van der Waals surface area (Å²) < 4.78 is 21.2. The van der Waals surface area contributed by atoms with Crippen molar-refractivity contribution < 1.29 is 38.1 Å². The van der Waals surface area contributed by atoms with Crippen LogP contribution in [0, 0.1) is 0 Å². The monoisotopic (exact) mass is 570 g/mol. The number of anilines is 2. The molecule has 216 valence electrons. The Balaban J connectivity index is 1.61. The molecule has 1 aliphatic rings. The summed E-state index contributed by atoms with van der Waals surface area (Å²) in [7, 11) is 1.55. The van der Waals surface area contributed by atoms with Crippen LogP contribution in [0.3, 0.4) is 0 Å². The maximum atomic E-state index is 13.4. The fourth-order valence-corrected chi connectivity index (χ4v) is 4.07. The molecule has 0 saturated carbocycles. The zero-order chi connectivity index (χ0) is 30.1. The van der Waals surface area contributed by atoms with E-state index in [-0.39, 0.29) is 25.4 Å². The molecule has 0 aromatic heterocycles. The minimum absolute atomic E-state index is 0.0971. The number of methoxy groups -OCH3 is 1. The first-order valence-electron chi connectivity index (χ1n) is 13.2. The lowest BCUT2D eigenvalue weighted by atomic mass is 10.0. The first kappa shape index (κ1) is 29.6. The van der Waals surface area contributed by atoms with Crippen LogP contribution >= 0.6 is 0 Å². The lowest BCUT2D eigenvalue weighted by Crippen LogP contribution is -2.26. The third kappa shape index (κ3) is 7.22. The summed E-state index contributed by atoms with van der Waals surface area (Å²) in [6, 6.07) is 17.7. The Kier molecular flexibility index (Phi) is 9.73. The highest BCUT2D eigenvalue weighted by Crippen LogP contribution is 2.36. The Labute approximate surface area is 242 Å². The number of para-hydroxylation sites is 1. The van der Waals surface area contributed by atoms with E-state index in [4.69, 9.17) is 18.9 Å². The van der Waals surface area contributed by atoms with E-state index in [1.165, 1.54) is 30.3 Å². The quantitative estimate of drug-likeness (QED) is 0.150. The van der Waals surface area contributed by atoms with E-state index < -0.39 is 23.8 Å². The van der Waals surface area contributed by atoms with Gasteiger partial charge in [0, 0.05) is 16.9 Å². The molecule has 0 fully saturated rings. The van der Waals surface area contributed by atoms with Crippen molar-refractivity contribution in [3.63, 3.8) is 0 Å². The lowest BCUT2D eigenvalue weighted by Gasteiger charge is -2.19. The molecule has 2 amide bonds. The second-order valence-corrected chi connectivity index (χ2v) is 8.95. The molecule has 0 bridgehead atoms. The van der Waals surface area contributed by atoms with Crippen LogP contribution in [0.2, 0.25) is 0 Å². The zero-order valence-corrected chi connectivity index (χ0v) is 23.4. The number of nitrogens with one attached hydrogen (secondary N) is 2. The highest BCUT2D eigenvalue weighted by Gasteiger charge is 2.22. The Morgan fingerprint density at radius 2 is 1.31 bits per heavy atom. The van der Waals surface area contributed by atoms with Crippen LogP contribution in [0.25, 0.3) is 6.08 Å². The van der Waals surface area contributed by atoms with E-state index >= 15 is 0 Å². The Bertz CT molecular complexity index is 1460. The van der Waals surface area contributed by atoms with Crippen molar-refractivity contribution in [3.8, 4) is 11.5 Å². The standard InChI is InChI=1S/C32H30N2O8/c1-4-40-31(37)21-9-13-24(14-10-21)33-29(35)26(18-20-17-23-7-6-8-27(39-3)28(23)42-19-20)30(36)34-25-15-11-22(12-16-25)32(38)41-5-2/h6-18H,4-5,19H2,1-3H3,(H,33,35)(H,34,36). The number of hydrogen-bond acceptors (Lipinski definition) is 8. The maximum absolute atomic E-state index is 13.4. The van der Waals surface area contributed by atoms with Gasteiger partial charge in [0.15, 0.2) is 11.5 Å². The highest BCUT2D eigenvalue weighted by atomic mass is 16.5. The number of carbonyl (C=O) groups is 4. The van der Waals surface area contributed by atoms with Gasteiger partial charge >= 0.3 is 11.9 Å². The van der Waals surface area contributed by atoms with Crippen LogP contribution in [0.4, 0.5) is 11.4 Å². The highest BCUT2D eigenvalue weighted by molar-refractivity contribution is 6.26. The van der Waals surface area contributed by atoms with Crippen LogP contribution in [0.5, 0.6) is 11.5 Å². The van der Waals surface area contributed by atoms with Crippen LogP contribution in [0.15, 0.2) is 84.0 Å². The molecule has 10 heteroatoms. The maximum Gasteiger partial charge on any atom is 0.338 e. The zero-order valence-electron chi connectivity index (χ0n) is 23.4. The minimum atomic E-state index is -0.683. The van der Waals surface area contributed by atoms with Crippen molar-refractivity contribution in [2.24, 2.45) is 0 Å². The summed E-state index contributed by atoms with van der Waals surface area (Å²) in [5, 5.41) is 5.41. The molecule has 2 N–H and O–H groups in total. The molecule has 42 heavy (non-hydrogen) atoms. The molecular weight excluding hydrogens is 540 g/mol. The molecule has 3 aromatic carbocycles. The third-order valence-electron chi connectivity index (χ3n) is 6.08. The van der Waals surface area contributed by atoms with E-state index in [0.29, 0.717) is 39.6 Å². The largest absolute Gasteiger partial charge is 0.493 e. The van der Waals surface area contributed by atoms with Gasteiger partial charge in [-0.1, -0.05) is 12.1 Å². The SMILES string of the molecule is CCOC(=O)c1ccc(NC(=O)C(=CC2=Cc3cccc(OC)c3OC2)C(=O)Nc2ccc(C(=O)OCC)cc2)cc1. The molecule has 1 aliphatic heterocycles. The smallest absolute Gasteiger partial charge is 0.338 e. The summed E-state index contributed by atoms with van der Waals surface area (Å²) >= 11 is 0. The molecule has 0 atom stereocenters. The predicted octanol–water partition coefficient (Wildman–Crippen LogP) is 5.03. The minimum Gasteiger partial charge on any atom is -0.493 e. The van der Waals surface area contributed by atoms with E-state index in [0.717, 1.165) is 5.56 Å². The molecular formula is C32H30N2O8. The molecule has 4 rings (SSSR count). The summed E-state index contributed by atoms with van der Waals surface area (Å²) in [4.78, 5) is 50.8. The molecule has 0 spiro atoms. The van der Waals surface area contributed by atoms with Gasteiger partial charge in [-0.3, -0.25) is 9.59 Å². The predicted molar refractivity (Wildman–Crippen MR) is 157 cm³/mol. The molecule has 0 unspecified atom stereocenters. The van der Waals surface area contributed by atoms with Crippen molar-refractivity contribution in [1.29, 1.82) is 0 Å². The second kappa shape index (κ2) is 13.8. The third-order valence-corrected chi connectivity index (χ3v) is 6.08. The van der Waals surface area contributed by atoms with Gasteiger partial charge in [0.1, 0.15) is 12.2 Å². The van der Waals surface area contributed by atoms with E-state index in [1.54, 1.807) is 51.3 Å². The fraction of sp³-hybridized carbons (Fsp3) is 0.188. The molecule has 0 saturated heterocycles. The van der Waals surface area contributed by atoms with Crippen LogP contribution in [-0.4, -0.2) is 50.7 Å². The Morgan fingerprint density at radius 3 is 1.79 bits per heavy atom. The van der Waals surface area contributed by atoms with E-state index in [1.807, 2.05) is 18.2 Å². The normalized spacial score (nSPS) is 11.5. The summed E-state index contributed by atoms with van der Waals surface area (Å²) in [6.45, 7) is 4.00. The fourth-order valence-electron chi connectivity index (χ4n) is 4.07. The number of benzene rings is 3. The van der Waals surface area contributed by atoms with Gasteiger partial charge in [0.2, 0.25) is 0 Å². The van der Waals surface area contributed by atoms with Crippen molar-refractivity contribution >= 4 is 41.2 Å². The molecule has 0 aliphatic carbocycles. The molecule has 3 aromatic rings. The molecule has 10 nitrogen and oxygen atoms in total. The average molecular weight is 571 g/mol. The van der Waals surface area contributed by atoms with Crippen LogP contribution in [0.1, 0.15) is 40.1 Å². The van der Waals surface area contributed by atoms with Gasteiger partial charge in [0.25, 0.3) is 11.8 Å². The number of amides is 2. The molecule has 0 radical (unpaired) electrons. The summed E-state index contributed by atoms with van der Waals surface area (Å²) in [5.41, 5.74) is 2.51. The summed E-state index contributed by atoms with van der Waals surface area (Å²) in [6.07, 6.45) is 3.26. The second-order valence-electron chi connectivity index (χ2n) is 8.95. The summed E-state index contributed by atoms with van der Waals surface area (Å²) in [5.74, 6) is -1.19. The van der Waals surface area contributed by atoms with Crippen molar-refractivity contribution in [2.75, 3.05) is 37.6 Å². The number of fused-ring (bicyclic) bond motifs is 1.